The molecule has 1 saturated heterocycles. The van der Waals surface area contributed by atoms with Crippen LogP contribution in [0.4, 0.5) is 15.1 Å². The van der Waals surface area contributed by atoms with Gasteiger partial charge in [0, 0.05) is 36.0 Å². The zero-order valence-electron chi connectivity index (χ0n) is 20.1. The van der Waals surface area contributed by atoms with E-state index < -0.39 is 11.4 Å². The van der Waals surface area contributed by atoms with Crippen LogP contribution in [0.1, 0.15) is 33.6 Å². The molecular weight excluding hydrogens is 553 g/mol. The molecule has 0 unspecified atom stereocenters. The number of ether oxygens (including phenoxy) is 2. The molecule has 1 N–H and O–H groups in total. The van der Waals surface area contributed by atoms with Crippen LogP contribution in [0.25, 0.3) is 11.3 Å². The lowest BCUT2D eigenvalue weighted by atomic mass is 10.1. The highest BCUT2D eigenvalue weighted by Gasteiger charge is 2.28. The lowest BCUT2D eigenvalue weighted by Crippen LogP contribution is -2.47. The number of rotatable bonds is 5. The Hall–Kier alpha value is -2.98. The van der Waals surface area contributed by atoms with E-state index in [2.05, 4.69) is 36.2 Å². The number of amides is 1. The van der Waals surface area contributed by atoms with Crippen molar-refractivity contribution in [2.24, 2.45) is 0 Å². The third kappa shape index (κ3) is 6.41. The first kappa shape index (κ1) is 26.1. The van der Waals surface area contributed by atoms with Gasteiger partial charge in [0.2, 0.25) is 11.8 Å². The minimum atomic E-state index is -0.695. The van der Waals surface area contributed by atoms with E-state index in [0.29, 0.717) is 34.8 Å². The van der Waals surface area contributed by atoms with Gasteiger partial charge in [0.15, 0.2) is 11.6 Å². The lowest BCUT2D eigenvalue weighted by molar-refractivity contribution is 0.0206. The number of hydrogen-bond donors (Lipinski definition) is 1. The van der Waals surface area contributed by atoms with Crippen LogP contribution >= 0.6 is 27.5 Å². The molecule has 1 fully saturated rings. The summed E-state index contributed by atoms with van der Waals surface area (Å²) in [5, 5.41) is 3.24. The van der Waals surface area contributed by atoms with Crippen LogP contribution in [-0.2, 0) is 4.74 Å². The molecule has 8 nitrogen and oxygen atoms in total. The van der Waals surface area contributed by atoms with Gasteiger partial charge in [0.1, 0.15) is 5.60 Å². The van der Waals surface area contributed by atoms with E-state index in [0.717, 1.165) is 12.8 Å². The highest BCUT2D eigenvalue weighted by molar-refractivity contribution is 9.10. The minimum absolute atomic E-state index is 0.0369. The summed E-state index contributed by atoms with van der Waals surface area (Å²) < 4.78 is 26.3. The predicted octanol–water partition coefficient (Wildman–Crippen LogP) is 6.70. The molecule has 190 valence electrons. The van der Waals surface area contributed by atoms with Crippen LogP contribution in [-0.4, -0.2) is 50.7 Å². The zero-order chi connectivity index (χ0) is 25.9. The third-order valence-corrected chi connectivity index (χ3v) is 6.57. The quantitative estimate of drug-likeness (QED) is 0.337. The standard InChI is InChI=1S/C25H26BrClFN5O3/c1-25(2,3)36-24(34)33-13-5-6-15(14-33)31-23-30-12-10-18(32-23)16-7-4-11-29-22(16)35-19-9-8-17(26)20(27)21(19)28/h4,7-12,15H,5-6,13-14H2,1-3H3,(H,30,31,32)/t15-/m0/s1. The van der Waals surface area contributed by atoms with Crippen LogP contribution < -0.4 is 10.1 Å². The molecule has 0 radical (unpaired) electrons. The van der Waals surface area contributed by atoms with E-state index in [1.165, 1.54) is 6.07 Å². The Morgan fingerprint density at radius 3 is 2.81 bits per heavy atom. The molecule has 0 aliphatic carbocycles. The fourth-order valence-electron chi connectivity index (χ4n) is 3.71. The van der Waals surface area contributed by atoms with E-state index in [-0.39, 0.29) is 28.8 Å². The normalized spacial score (nSPS) is 15.9. The summed E-state index contributed by atoms with van der Waals surface area (Å²) in [6, 6.07) is 8.26. The van der Waals surface area contributed by atoms with Crippen LogP contribution in [0.2, 0.25) is 5.02 Å². The molecule has 0 spiro atoms. The first-order valence-electron chi connectivity index (χ1n) is 11.4. The number of benzene rings is 1. The van der Waals surface area contributed by atoms with E-state index in [1.54, 1.807) is 41.6 Å². The average Bonchev–Trinajstić information content (AvgIpc) is 2.84. The van der Waals surface area contributed by atoms with E-state index in [4.69, 9.17) is 21.1 Å². The summed E-state index contributed by atoms with van der Waals surface area (Å²) in [7, 11) is 0. The number of halogens is 3. The maximum Gasteiger partial charge on any atom is 0.410 e. The zero-order valence-corrected chi connectivity index (χ0v) is 22.4. The number of anilines is 1. The number of carbonyl (C=O) groups excluding carboxylic acids is 1. The second kappa shape index (κ2) is 11.0. The first-order valence-corrected chi connectivity index (χ1v) is 12.6. The van der Waals surface area contributed by atoms with Crippen molar-refractivity contribution in [3.8, 4) is 22.9 Å². The van der Waals surface area contributed by atoms with Gasteiger partial charge in [-0.05, 0) is 79.9 Å². The molecule has 2 aromatic heterocycles. The summed E-state index contributed by atoms with van der Waals surface area (Å²) in [5.74, 6) is -0.177. The smallest absolute Gasteiger partial charge is 0.410 e. The van der Waals surface area contributed by atoms with Crippen molar-refractivity contribution >= 4 is 39.6 Å². The number of aromatic nitrogens is 3. The van der Waals surface area contributed by atoms with Gasteiger partial charge in [-0.15, -0.1) is 0 Å². The number of hydrogen-bond acceptors (Lipinski definition) is 7. The molecule has 3 heterocycles. The number of nitrogens with one attached hydrogen (secondary N) is 1. The van der Waals surface area contributed by atoms with Crippen molar-refractivity contribution < 1.29 is 18.7 Å². The molecule has 0 bridgehead atoms. The van der Waals surface area contributed by atoms with Crippen molar-refractivity contribution in [2.75, 3.05) is 18.4 Å². The highest BCUT2D eigenvalue weighted by Crippen LogP contribution is 2.36. The Labute approximate surface area is 222 Å². The second-order valence-corrected chi connectivity index (χ2v) is 10.5. The number of nitrogens with zero attached hydrogens (tertiary/aromatic N) is 4. The van der Waals surface area contributed by atoms with Crippen LogP contribution in [0, 0.1) is 5.82 Å². The van der Waals surface area contributed by atoms with Gasteiger partial charge < -0.3 is 19.7 Å². The molecule has 1 aliphatic rings. The maximum atomic E-state index is 14.6. The van der Waals surface area contributed by atoms with Gasteiger partial charge in [0.25, 0.3) is 0 Å². The van der Waals surface area contributed by atoms with E-state index >= 15 is 0 Å². The van der Waals surface area contributed by atoms with E-state index in [1.807, 2.05) is 20.8 Å². The van der Waals surface area contributed by atoms with Gasteiger partial charge in [0.05, 0.1) is 16.3 Å². The molecule has 4 rings (SSSR count). The fraction of sp³-hybridized carbons (Fsp3) is 0.360. The summed E-state index contributed by atoms with van der Waals surface area (Å²) in [6.07, 6.45) is 4.52. The monoisotopic (exact) mass is 577 g/mol. The van der Waals surface area contributed by atoms with Crippen molar-refractivity contribution in [1.82, 2.24) is 19.9 Å². The average molecular weight is 579 g/mol. The predicted molar refractivity (Wildman–Crippen MR) is 139 cm³/mol. The SMILES string of the molecule is CC(C)(C)OC(=O)N1CCC[C@H](Nc2nccc(-c3cccnc3Oc3ccc(Br)c(Cl)c3F)n2)C1. The molecule has 1 aliphatic heterocycles. The van der Waals surface area contributed by atoms with Gasteiger partial charge in [-0.25, -0.2) is 24.1 Å². The summed E-state index contributed by atoms with van der Waals surface area (Å²) >= 11 is 9.19. The topological polar surface area (TPSA) is 89.5 Å². The van der Waals surface area contributed by atoms with Crippen LogP contribution in [0.15, 0.2) is 47.2 Å². The van der Waals surface area contributed by atoms with Crippen molar-refractivity contribution in [3.63, 3.8) is 0 Å². The van der Waals surface area contributed by atoms with Crippen LogP contribution in [0.3, 0.4) is 0 Å². The van der Waals surface area contributed by atoms with Crippen molar-refractivity contribution in [2.45, 2.75) is 45.3 Å². The fourth-order valence-corrected chi connectivity index (χ4v) is 4.17. The van der Waals surface area contributed by atoms with Gasteiger partial charge in [-0.3, -0.25) is 0 Å². The first-order chi connectivity index (χ1) is 17.1. The number of likely N-dealkylation sites (tertiary alicyclic amines) is 1. The Morgan fingerprint density at radius 1 is 1.22 bits per heavy atom. The van der Waals surface area contributed by atoms with E-state index in [9.17, 15) is 9.18 Å². The Balaban J connectivity index is 1.51. The summed E-state index contributed by atoms with van der Waals surface area (Å²) in [4.78, 5) is 27.4. The molecule has 36 heavy (non-hydrogen) atoms. The molecular formula is C25H26BrClFN5O3. The Morgan fingerprint density at radius 2 is 2.03 bits per heavy atom. The maximum absolute atomic E-state index is 14.6. The Bertz CT molecular complexity index is 1260. The number of piperidine rings is 1. The van der Waals surface area contributed by atoms with Crippen LogP contribution in [0.5, 0.6) is 11.6 Å². The van der Waals surface area contributed by atoms with Gasteiger partial charge in [-0.1, -0.05) is 11.6 Å². The molecule has 1 aromatic carbocycles. The molecule has 1 amide bonds. The largest absolute Gasteiger partial charge is 0.444 e. The molecule has 1 atom stereocenters. The summed E-state index contributed by atoms with van der Waals surface area (Å²) in [6.45, 7) is 6.66. The number of pyridine rings is 1. The van der Waals surface area contributed by atoms with Gasteiger partial charge in [-0.2, -0.15) is 0 Å². The lowest BCUT2D eigenvalue weighted by Gasteiger charge is -2.34. The summed E-state index contributed by atoms with van der Waals surface area (Å²) in [5.41, 5.74) is 0.544. The molecule has 3 aromatic rings. The van der Waals surface area contributed by atoms with Crippen molar-refractivity contribution in [1.29, 1.82) is 0 Å². The molecule has 11 heteroatoms. The van der Waals surface area contributed by atoms with Crippen molar-refractivity contribution in [3.05, 3.63) is 58.0 Å². The molecule has 0 saturated carbocycles. The Kier molecular flexibility index (Phi) is 7.94. The third-order valence-electron chi connectivity index (χ3n) is 5.32. The minimum Gasteiger partial charge on any atom is -0.444 e. The second-order valence-electron chi connectivity index (χ2n) is 9.31. The van der Waals surface area contributed by atoms with Gasteiger partial charge >= 0.3 is 6.09 Å². The number of carbonyl (C=O) groups is 1. The highest BCUT2D eigenvalue weighted by atomic mass is 79.9.